The molecule has 20 heavy (non-hydrogen) atoms. The summed E-state index contributed by atoms with van der Waals surface area (Å²) in [6.07, 6.45) is 1.52. The van der Waals surface area contributed by atoms with E-state index in [2.05, 4.69) is 26.2 Å². The number of nitrogens with one attached hydrogen (secondary N) is 1. The third-order valence-electron chi connectivity index (χ3n) is 2.41. The van der Waals surface area contributed by atoms with E-state index in [-0.39, 0.29) is 12.5 Å². The van der Waals surface area contributed by atoms with Gasteiger partial charge in [0.25, 0.3) is 5.91 Å². The molecule has 0 aliphatic rings. The summed E-state index contributed by atoms with van der Waals surface area (Å²) >= 11 is 3.33. The fourth-order valence-corrected chi connectivity index (χ4v) is 1.72. The normalized spacial score (nSPS) is 9.90. The second kappa shape index (κ2) is 6.91. The van der Waals surface area contributed by atoms with Crippen molar-refractivity contribution in [2.24, 2.45) is 0 Å². The topological polar surface area (TPSA) is 60.5 Å². The van der Waals surface area contributed by atoms with Gasteiger partial charge in [-0.25, -0.2) is 4.98 Å². The number of hydrogen-bond donors (Lipinski definition) is 1. The van der Waals surface area contributed by atoms with Gasteiger partial charge in [-0.15, -0.1) is 0 Å². The second-order valence-corrected chi connectivity index (χ2v) is 4.80. The first-order valence-electron chi connectivity index (χ1n) is 5.85. The molecule has 6 heteroatoms. The lowest BCUT2D eigenvalue weighted by Crippen LogP contribution is -2.20. The average molecular weight is 337 g/mol. The Hall–Kier alpha value is -2.08. The zero-order valence-electron chi connectivity index (χ0n) is 10.8. The van der Waals surface area contributed by atoms with Crippen molar-refractivity contribution in [1.29, 1.82) is 0 Å². The van der Waals surface area contributed by atoms with Crippen molar-refractivity contribution in [2.75, 3.05) is 19.0 Å². The molecule has 0 aliphatic heterocycles. The van der Waals surface area contributed by atoms with Crippen LogP contribution >= 0.6 is 15.9 Å². The maximum Gasteiger partial charge on any atom is 0.262 e. The second-order valence-electron chi connectivity index (χ2n) is 3.88. The molecule has 0 bridgehead atoms. The van der Waals surface area contributed by atoms with Crippen LogP contribution in [-0.2, 0) is 4.79 Å². The monoisotopic (exact) mass is 336 g/mol. The standard InChI is InChI=1S/C14H13BrN2O3/c1-19-14-7-4-11(8-16-14)17-13(18)9-20-12-5-2-10(15)3-6-12/h2-8H,9H2,1H3,(H,17,18). The number of benzene rings is 1. The summed E-state index contributed by atoms with van der Waals surface area (Å²) in [5.74, 6) is 0.880. The summed E-state index contributed by atoms with van der Waals surface area (Å²) in [4.78, 5) is 15.7. The van der Waals surface area contributed by atoms with Crippen LogP contribution in [-0.4, -0.2) is 24.6 Å². The molecular weight excluding hydrogens is 324 g/mol. The molecule has 2 rings (SSSR count). The highest BCUT2D eigenvalue weighted by Crippen LogP contribution is 2.16. The Kier molecular flexibility index (Phi) is 4.95. The summed E-state index contributed by atoms with van der Waals surface area (Å²) < 4.78 is 11.3. The number of aromatic nitrogens is 1. The van der Waals surface area contributed by atoms with Crippen LogP contribution in [0, 0.1) is 0 Å². The molecule has 5 nitrogen and oxygen atoms in total. The van der Waals surface area contributed by atoms with Crippen molar-refractivity contribution in [2.45, 2.75) is 0 Å². The Bertz CT molecular complexity index is 570. The minimum Gasteiger partial charge on any atom is -0.484 e. The van der Waals surface area contributed by atoms with Gasteiger partial charge >= 0.3 is 0 Å². The Balaban J connectivity index is 1.84. The highest BCUT2D eigenvalue weighted by atomic mass is 79.9. The fourth-order valence-electron chi connectivity index (χ4n) is 1.45. The molecular formula is C14H13BrN2O3. The van der Waals surface area contributed by atoms with Gasteiger partial charge in [0.15, 0.2) is 6.61 Å². The van der Waals surface area contributed by atoms with Crippen molar-refractivity contribution in [3.63, 3.8) is 0 Å². The van der Waals surface area contributed by atoms with Crippen LogP contribution in [0.25, 0.3) is 0 Å². The molecule has 0 saturated carbocycles. The van der Waals surface area contributed by atoms with Crippen LogP contribution in [0.15, 0.2) is 47.1 Å². The maximum absolute atomic E-state index is 11.7. The first kappa shape index (κ1) is 14.3. The molecule has 104 valence electrons. The highest BCUT2D eigenvalue weighted by Gasteiger charge is 2.04. The fraction of sp³-hybridized carbons (Fsp3) is 0.143. The molecule has 1 N–H and O–H groups in total. The molecule has 1 aromatic heterocycles. The number of methoxy groups -OCH3 is 1. The van der Waals surface area contributed by atoms with Gasteiger partial charge < -0.3 is 14.8 Å². The lowest BCUT2D eigenvalue weighted by molar-refractivity contribution is -0.118. The molecule has 1 aromatic carbocycles. The van der Waals surface area contributed by atoms with Crippen molar-refractivity contribution < 1.29 is 14.3 Å². The summed E-state index contributed by atoms with van der Waals surface area (Å²) in [6, 6.07) is 10.6. The SMILES string of the molecule is COc1ccc(NC(=O)COc2ccc(Br)cc2)cn1. The van der Waals surface area contributed by atoms with E-state index in [9.17, 15) is 4.79 Å². The molecule has 1 heterocycles. The smallest absolute Gasteiger partial charge is 0.262 e. The average Bonchev–Trinajstić information content (AvgIpc) is 2.47. The number of anilines is 1. The van der Waals surface area contributed by atoms with Gasteiger partial charge in [-0.05, 0) is 30.3 Å². The summed E-state index contributed by atoms with van der Waals surface area (Å²) in [5, 5.41) is 2.68. The lowest BCUT2D eigenvalue weighted by Gasteiger charge is -2.07. The van der Waals surface area contributed by atoms with E-state index in [1.807, 2.05) is 12.1 Å². The van der Waals surface area contributed by atoms with E-state index in [4.69, 9.17) is 9.47 Å². The lowest BCUT2D eigenvalue weighted by atomic mass is 10.3. The van der Waals surface area contributed by atoms with Gasteiger partial charge in [-0.1, -0.05) is 15.9 Å². The number of rotatable bonds is 5. The summed E-state index contributed by atoms with van der Waals surface area (Å²) in [7, 11) is 1.53. The van der Waals surface area contributed by atoms with Gasteiger partial charge in [0, 0.05) is 10.5 Å². The molecule has 0 aliphatic carbocycles. The third-order valence-corrected chi connectivity index (χ3v) is 2.94. The van der Waals surface area contributed by atoms with Crippen LogP contribution in [0.4, 0.5) is 5.69 Å². The van der Waals surface area contributed by atoms with Gasteiger partial charge in [0.1, 0.15) is 5.75 Å². The largest absolute Gasteiger partial charge is 0.484 e. The molecule has 0 spiro atoms. The van der Waals surface area contributed by atoms with Crippen LogP contribution in [0.5, 0.6) is 11.6 Å². The van der Waals surface area contributed by atoms with Gasteiger partial charge in [0.05, 0.1) is 19.0 Å². The Morgan fingerprint density at radius 2 is 2.00 bits per heavy atom. The number of nitrogens with zero attached hydrogens (tertiary/aromatic N) is 1. The highest BCUT2D eigenvalue weighted by molar-refractivity contribution is 9.10. The van der Waals surface area contributed by atoms with Gasteiger partial charge in [-0.3, -0.25) is 4.79 Å². The molecule has 1 amide bonds. The number of pyridine rings is 1. The number of ether oxygens (including phenoxy) is 2. The summed E-state index contributed by atoms with van der Waals surface area (Å²) in [6.45, 7) is -0.0618. The number of carbonyl (C=O) groups is 1. The molecule has 0 unspecified atom stereocenters. The Labute approximate surface area is 125 Å². The zero-order valence-corrected chi connectivity index (χ0v) is 12.4. The number of hydrogen-bond acceptors (Lipinski definition) is 4. The van der Waals surface area contributed by atoms with E-state index in [0.29, 0.717) is 17.3 Å². The molecule has 0 fully saturated rings. The minimum atomic E-state index is -0.250. The molecule has 0 radical (unpaired) electrons. The van der Waals surface area contributed by atoms with Crippen molar-refractivity contribution in [3.05, 3.63) is 47.1 Å². The number of halogens is 1. The van der Waals surface area contributed by atoms with E-state index in [0.717, 1.165) is 4.47 Å². The van der Waals surface area contributed by atoms with Gasteiger partial charge in [0.2, 0.25) is 5.88 Å². The van der Waals surface area contributed by atoms with Crippen LogP contribution in [0.1, 0.15) is 0 Å². The number of amides is 1. The zero-order chi connectivity index (χ0) is 14.4. The first-order valence-corrected chi connectivity index (χ1v) is 6.65. The van der Waals surface area contributed by atoms with Crippen LogP contribution in [0.3, 0.4) is 0 Å². The van der Waals surface area contributed by atoms with Crippen LogP contribution < -0.4 is 14.8 Å². The quantitative estimate of drug-likeness (QED) is 0.911. The third kappa shape index (κ3) is 4.24. The molecule has 0 saturated heterocycles. The van der Waals surface area contributed by atoms with E-state index >= 15 is 0 Å². The van der Waals surface area contributed by atoms with E-state index in [1.165, 1.54) is 13.3 Å². The van der Waals surface area contributed by atoms with Crippen molar-refractivity contribution in [3.8, 4) is 11.6 Å². The minimum absolute atomic E-state index is 0.0618. The molecule has 0 atom stereocenters. The first-order chi connectivity index (χ1) is 9.67. The summed E-state index contributed by atoms with van der Waals surface area (Å²) in [5.41, 5.74) is 0.593. The van der Waals surface area contributed by atoms with Crippen LogP contribution in [0.2, 0.25) is 0 Å². The Morgan fingerprint density at radius 3 is 2.60 bits per heavy atom. The maximum atomic E-state index is 11.7. The van der Waals surface area contributed by atoms with E-state index < -0.39 is 0 Å². The predicted molar refractivity (Wildman–Crippen MR) is 79.1 cm³/mol. The number of carbonyl (C=O) groups excluding carboxylic acids is 1. The van der Waals surface area contributed by atoms with E-state index in [1.54, 1.807) is 24.3 Å². The van der Waals surface area contributed by atoms with Crippen molar-refractivity contribution >= 4 is 27.5 Å². The molecule has 2 aromatic rings. The van der Waals surface area contributed by atoms with Gasteiger partial charge in [-0.2, -0.15) is 0 Å². The van der Waals surface area contributed by atoms with Crippen molar-refractivity contribution in [1.82, 2.24) is 4.98 Å². The Morgan fingerprint density at radius 1 is 1.25 bits per heavy atom. The predicted octanol–water partition coefficient (Wildman–Crippen LogP) is 2.87.